The van der Waals surface area contributed by atoms with E-state index in [1.54, 1.807) is 35.2 Å². The summed E-state index contributed by atoms with van der Waals surface area (Å²) < 4.78 is 32.8. The van der Waals surface area contributed by atoms with Crippen molar-refractivity contribution < 1.29 is 43.8 Å². The SMILES string of the molecule is O=C1[C@H](CC[C@H](O)c2ccc(F)cc2)[C@@H](c2ccc(-c3cccc([C@@H]4O[C@@H](CO)[C@H](O)[C@@H](O)[C@@H]4O)c3)cc2)N1c1ccc(F)cc1. The van der Waals surface area contributed by atoms with Crippen LogP contribution in [0.4, 0.5) is 14.5 Å². The summed E-state index contributed by atoms with van der Waals surface area (Å²) in [7, 11) is 0. The van der Waals surface area contributed by atoms with Crippen LogP contribution in [0.3, 0.4) is 0 Å². The number of carbonyl (C=O) groups is 1. The fraction of sp³-hybridized carbons (Fsp3) is 0.306. The number of β-lactam (4-membered cyclic amide) rings is 1. The van der Waals surface area contributed by atoms with Crippen LogP contribution in [-0.2, 0) is 9.53 Å². The van der Waals surface area contributed by atoms with Crippen molar-refractivity contribution in [1.29, 1.82) is 0 Å². The van der Waals surface area contributed by atoms with Crippen LogP contribution in [0.1, 0.15) is 47.8 Å². The highest BCUT2D eigenvalue weighted by molar-refractivity contribution is 6.03. The van der Waals surface area contributed by atoms with Gasteiger partial charge in [0.25, 0.3) is 0 Å². The van der Waals surface area contributed by atoms with Crippen LogP contribution >= 0.6 is 0 Å². The van der Waals surface area contributed by atoms with Gasteiger partial charge in [-0.05, 0) is 83.1 Å². The molecule has 0 aromatic heterocycles. The molecule has 240 valence electrons. The summed E-state index contributed by atoms with van der Waals surface area (Å²) in [6.07, 6.45) is -6.53. The van der Waals surface area contributed by atoms with Crippen molar-refractivity contribution >= 4 is 11.6 Å². The molecular formula is C36H35F2NO7. The summed E-state index contributed by atoms with van der Waals surface area (Å²) in [5.41, 5.74) is 4.15. The van der Waals surface area contributed by atoms with Crippen LogP contribution in [0.2, 0.25) is 0 Å². The molecule has 0 radical (unpaired) electrons. The maximum absolute atomic E-state index is 13.7. The van der Waals surface area contributed by atoms with E-state index < -0.39 is 60.8 Å². The third kappa shape index (κ3) is 6.20. The monoisotopic (exact) mass is 631 g/mol. The van der Waals surface area contributed by atoms with Crippen molar-refractivity contribution in [2.45, 2.75) is 55.5 Å². The molecule has 0 saturated carbocycles. The van der Waals surface area contributed by atoms with E-state index in [0.717, 1.165) is 16.7 Å². The summed E-state index contributed by atoms with van der Waals surface area (Å²) in [5.74, 6) is -1.40. The molecule has 8 atom stereocenters. The first kappa shape index (κ1) is 31.9. The van der Waals surface area contributed by atoms with Gasteiger partial charge in [0.1, 0.15) is 42.2 Å². The van der Waals surface area contributed by atoms with Crippen LogP contribution in [0.5, 0.6) is 0 Å². The van der Waals surface area contributed by atoms with Crippen LogP contribution in [0, 0.1) is 17.6 Å². The molecule has 10 heteroatoms. The Hall–Kier alpha value is -4.03. The molecule has 0 bridgehead atoms. The van der Waals surface area contributed by atoms with Gasteiger partial charge in [0.15, 0.2) is 0 Å². The fourth-order valence-electron chi connectivity index (χ4n) is 6.43. The zero-order chi connectivity index (χ0) is 32.5. The van der Waals surface area contributed by atoms with Crippen LogP contribution in [0.15, 0.2) is 97.1 Å². The van der Waals surface area contributed by atoms with E-state index in [-0.39, 0.29) is 11.9 Å². The Balaban J connectivity index is 1.24. The average Bonchev–Trinajstić information content (AvgIpc) is 3.07. The zero-order valence-corrected chi connectivity index (χ0v) is 24.7. The number of halogens is 2. The smallest absolute Gasteiger partial charge is 0.233 e. The van der Waals surface area contributed by atoms with Crippen molar-refractivity contribution in [3.05, 3.63) is 125 Å². The van der Waals surface area contributed by atoms with Crippen molar-refractivity contribution in [3.8, 4) is 11.1 Å². The number of aliphatic hydroxyl groups is 5. The molecule has 0 unspecified atom stereocenters. The van der Waals surface area contributed by atoms with E-state index in [9.17, 15) is 39.1 Å². The molecule has 4 aromatic carbocycles. The third-order valence-corrected chi connectivity index (χ3v) is 9.02. The van der Waals surface area contributed by atoms with Crippen LogP contribution in [0.25, 0.3) is 11.1 Å². The average molecular weight is 632 g/mol. The lowest BCUT2D eigenvalue weighted by Gasteiger charge is -2.48. The highest BCUT2D eigenvalue weighted by Crippen LogP contribution is 2.46. The normalized spacial score (nSPS) is 26.9. The minimum atomic E-state index is -1.49. The highest BCUT2D eigenvalue weighted by atomic mass is 19.1. The molecule has 2 fully saturated rings. The van der Waals surface area contributed by atoms with Gasteiger partial charge < -0.3 is 35.2 Å². The molecule has 4 aromatic rings. The second-order valence-corrected chi connectivity index (χ2v) is 11.9. The second kappa shape index (κ2) is 13.4. The number of benzene rings is 4. The van der Waals surface area contributed by atoms with Gasteiger partial charge in [-0.2, -0.15) is 0 Å². The van der Waals surface area contributed by atoms with E-state index in [1.807, 2.05) is 30.3 Å². The minimum Gasteiger partial charge on any atom is -0.394 e. The Morgan fingerprint density at radius 1 is 0.761 bits per heavy atom. The van der Waals surface area contributed by atoms with Gasteiger partial charge in [-0.25, -0.2) is 8.78 Å². The van der Waals surface area contributed by atoms with Crippen molar-refractivity contribution in [3.63, 3.8) is 0 Å². The van der Waals surface area contributed by atoms with E-state index in [0.29, 0.717) is 29.7 Å². The number of aliphatic hydroxyl groups excluding tert-OH is 5. The fourth-order valence-corrected chi connectivity index (χ4v) is 6.43. The number of anilines is 1. The first-order valence-electron chi connectivity index (χ1n) is 15.2. The van der Waals surface area contributed by atoms with E-state index in [1.165, 1.54) is 36.4 Å². The second-order valence-electron chi connectivity index (χ2n) is 11.9. The number of hydrogen-bond acceptors (Lipinski definition) is 7. The lowest BCUT2D eigenvalue weighted by Crippen LogP contribution is -2.55. The third-order valence-electron chi connectivity index (χ3n) is 9.02. The highest BCUT2D eigenvalue weighted by Gasteiger charge is 2.48. The summed E-state index contributed by atoms with van der Waals surface area (Å²) in [5, 5.41) is 51.3. The maximum Gasteiger partial charge on any atom is 0.233 e. The molecule has 2 saturated heterocycles. The maximum atomic E-state index is 13.7. The van der Waals surface area contributed by atoms with Crippen LogP contribution in [-0.4, -0.2) is 62.5 Å². The molecule has 0 spiro atoms. The number of rotatable bonds is 9. The summed E-state index contributed by atoms with van der Waals surface area (Å²) >= 11 is 0. The van der Waals surface area contributed by atoms with Gasteiger partial charge in [-0.3, -0.25) is 4.79 Å². The van der Waals surface area contributed by atoms with Crippen molar-refractivity contribution in [1.82, 2.24) is 0 Å². The molecule has 6 rings (SSSR count). The molecule has 0 aliphatic carbocycles. The Kier molecular flexibility index (Phi) is 9.28. The molecule has 8 nitrogen and oxygen atoms in total. The van der Waals surface area contributed by atoms with Gasteiger partial charge in [-0.15, -0.1) is 0 Å². The van der Waals surface area contributed by atoms with E-state index in [2.05, 4.69) is 0 Å². The lowest BCUT2D eigenvalue weighted by atomic mass is 9.78. The number of ether oxygens (including phenoxy) is 1. The molecule has 2 aliphatic heterocycles. The van der Waals surface area contributed by atoms with E-state index >= 15 is 0 Å². The van der Waals surface area contributed by atoms with Crippen molar-refractivity contribution in [2.75, 3.05) is 11.5 Å². The molecule has 46 heavy (non-hydrogen) atoms. The first-order chi connectivity index (χ1) is 22.2. The topological polar surface area (TPSA) is 131 Å². The largest absolute Gasteiger partial charge is 0.394 e. The predicted octanol–water partition coefficient (Wildman–Crippen LogP) is 4.36. The zero-order valence-electron chi connectivity index (χ0n) is 24.7. The molecule has 5 N–H and O–H groups in total. The Bertz CT molecular complexity index is 1650. The molecule has 2 heterocycles. The Labute approximate surface area is 264 Å². The van der Waals surface area contributed by atoms with Gasteiger partial charge in [0.2, 0.25) is 5.91 Å². The molecule has 2 aliphatic rings. The van der Waals surface area contributed by atoms with Crippen molar-refractivity contribution in [2.24, 2.45) is 5.92 Å². The summed E-state index contributed by atoms with van der Waals surface area (Å²) in [6, 6.07) is 25.8. The van der Waals surface area contributed by atoms with Crippen LogP contribution < -0.4 is 4.90 Å². The minimum absolute atomic E-state index is 0.140. The number of hydrogen-bond donors (Lipinski definition) is 5. The quantitative estimate of drug-likeness (QED) is 0.174. The van der Waals surface area contributed by atoms with Gasteiger partial charge in [-0.1, -0.05) is 54.6 Å². The Morgan fingerprint density at radius 3 is 2.07 bits per heavy atom. The van der Waals surface area contributed by atoms with Gasteiger partial charge in [0.05, 0.1) is 24.7 Å². The summed E-state index contributed by atoms with van der Waals surface area (Å²) in [4.78, 5) is 15.1. The molecule has 1 amide bonds. The standard InChI is InChI=1S/C36H35F2NO7/c37-25-10-8-21(9-11-25)29(41)17-16-28-31(39(36(28)45)27-14-12-26(38)13-15-27)22-6-4-20(5-7-22)23-2-1-3-24(18-23)35-34(44)33(43)32(42)30(19-40)46-35/h1-15,18,28-35,40-44H,16-17,19H2/t28-,29+,30+,31-,32+,33-,34+,35+/m1/s1. The van der Waals surface area contributed by atoms with Gasteiger partial charge >= 0.3 is 0 Å². The number of nitrogens with zero attached hydrogens (tertiary/aromatic N) is 1. The predicted molar refractivity (Wildman–Crippen MR) is 165 cm³/mol. The molecular weight excluding hydrogens is 596 g/mol. The first-order valence-corrected chi connectivity index (χ1v) is 15.2. The Morgan fingerprint density at radius 2 is 1.41 bits per heavy atom. The van der Waals surface area contributed by atoms with E-state index in [4.69, 9.17) is 4.74 Å². The van der Waals surface area contributed by atoms with Gasteiger partial charge in [0, 0.05) is 5.69 Å². The lowest BCUT2D eigenvalue weighted by molar-refractivity contribution is -0.231. The summed E-state index contributed by atoms with van der Waals surface area (Å²) in [6.45, 7) is -0.520. The number of carbonyl (C=O) groups excluding carboxylic acids is 1. The number of amides is 1.